The maximum absolute atomic E-state index is 12.4. The van der Waals surface area contributed by atoms with Crippen LogP contribution >= 0.6 is 0 Å². The summed E-state index contributed by atoms with van der Waals surface area (Å²) in [7, 11) is 0. The standard InChI is InChI=1S/C21H25NO2/c1-14-8-9-15(2)20(12-14)22-21(23)16(3)24-19-11-10-17-6-4-5-7-18(17)13-19/h8-13,16H,4-7H2,1-3H3,(H,22,23). The van der Waals surface area contributed by atoms with Crippen LogP contribution in [0.5, 0.6) is 5.75 Å². The molecule has 3 nitrogen and oxygen atoms in total. The van der Waals surface area contributed by atoms with E-state index in [2.05, 4.69) is 17.4 Å². The van der Waals surface area contributed by atoms with E-state index in [0.29, 0.717) is 0 Å². The molecule has 0 aromatic heterocycles. The number of carbonyl (C=O) groups excluding carboxylic acids is 1. The summed E-state index contributed by atoms with van der Waals surface area (Å²) in [5.74, 6) is 0.653. The Hall–Kier alpha value is -2.29. The smallest absolute Gasteiger partial charge is 0.265 e. The average Bonchev–Trinajstić information content (AvgIpc) is 2.58. The molecule has 0 fully saturated rings. The topological polar surface area (TPSA) is 38.3 Å². The molecule has 0 aliphatic heterocycles. The van der Waals surface area contributed by atoms with Crippen molar-refractivity contribution in [3.05, 3.63) is 58.7 Å². The lowest BCUT2D eigenvalue weighted by Gasteiger charge is -2.19. The minimum absolute atomic E-state index is 0.124. The maximum atomic E-state index is 12.4. The van der Waals surface area contributed by atoms with Crippen molar-refractivity contribution in [3.8, 4) is 5.75 Å². The zero-order valence-electron chi connectivity index (χ0n) is 14.7. The molecule has 1 N–H and O–H groups in total. The molecular weight excluding hydrogens is 298 g/mol. The van der Waals surface area contributed by atoms with Gasteiger partial charge in [0.15, 0.2) is 6.10 Å². The van der Waals surface area contributed by atoms with Crippen LogP contribution < -0.4 is 10.1 Å². The highest BCUT2D eigenvalue weighted by Gasteiger charge is 2.17. The predicted molar refractivity (Wildman–Crippen MR) is 97.7 cm³/mol. The van der Waals surface area contributed by atoms with Crippen LogP contribution in [0.1, 0.15) is 42.0 Å². The normalized spacial score (nSPS) is 14.6. The van der Waals surface area contributed by atoms with Gasteiger partial charge in [0, 0.05) is 5.69 Å². The molecule has 1 amide bonds. The van der Waals surface area contributed by atoms with Crippen molar-refractivity contribution in [3.63, 3.8) is 0 Å². The van der Waals surface area contributed by atoms with E-state index in [4.69, 9.17) is 4.74 Å². The molecule has 0 saturated heterocycles. The summed E-state index contributed by atoms with van der Waals surface area (Å²) in [6.07, 6.45) is 4.22. The van der Waals surface area contributed by atoms with Crippen molar-refractivity contribution in [1.82, 2.24) is 0 Å². The number of hydrogen-bond donors (Lipinski definition) is 1. The minimum atomic E-state index is -0.536. The Morgan fingerprint density at radius 1 is 1.04 bits per heavy atom. The lowest BCUT2D eigenvalue weighted by molar-refractivity contribution is -0.122. The third-order valence-electron chi connectivity index (χ3n) is 4.65. The van der Waals surface area contributed by atoms with E-state index in [0.717, 1.165) is 35.4 Å². The second-order valence-electron chi connectivity index (χ2n) is 6.71. The zero-order chi connectivity index (χ0) is 17.1. The summed E-state index contributed by atoms with van der Waals surface area (Å²) < 4.78 is 5.87. The molecule has 1 atom stereocenters. The zero-order valence-corrected chi connectivity index (χ0v) is 14.7. The fourth-order valence-electron chi connectivity index (χ4n) is 3.15. The van der Waals surface area contributed by atoms with E-state index in [9.17, 15) is 4.79 Å². The van der Waals surface area contributed by atoms with Gasteiger partial charge in [-0.25, -0.2) is 0 Å². The predicted octanol–water partition coefficient (Wildman–Crippen LogP) is 4.59. The number of ether oxygens (including phenoxy) is 1. The van der Waals surface area contributed by atoms with Crippen LogP contribution in [0, 0.1) is 13.8 Å². The first-order valence-corrected chi connectivity index (χ1v) is 8.69. The largest absolute Gasteiger partial charge is 0.481 e. The third kappa shape index (κ3) is 3.78. The Labute approximate surface area is 144 Å². The first-order chi connectivity index (χ1) is 11.5. The number of rotatable bonds is 4. The van der Waals surface area contributed by atoms with Crippen molar-refractivity contribution >= 4 is 11.6 Å². The van der Waals surface area contributed by atoms with Crippen LogP contribution in [0.2, 0.25) is 0 Å². The minimum Gasteiger partial charge on any atom is -0.481 e. The van der Waals surface area contributed by atoms with E-state index < -0.39 is 6.10 Å². The number of fused-ring (bicyclic) bond motifs is 1. The van der Waals surface area contributed by atoms with Crippen LogP contribution in [-0.2, 0) is 17.6 Å². The molecule has 1 unspecified atom stereocenters. The SMILES string of the molecule is Cc1ccc(C)c(NC(=O)C(C)Oc2ccc3c(c2)CCCC3)c1. The van der Waals surface area contributed by atoms with E-state index in [1.165, 1.54) is 24.0 Å². The van der Waals surface area contributed by atoms with Gasteiger partial charge in [-0.05, 0) is 86.9 Å². The highest BCUT2D eigenvalue weighted by Crippen LogP contribution is 2.26. The average molecular weight is 323 g/mol. The van der Waals surface area contributed by atoms with Crippen LogP contribution in [0.15, 0.2) is 36.4 Å². The monoisotopic (exact) mass is 323 g/mol. The van der Waals surface area contributed by atoms with E-state index >= 15 is 0 Å². The summed E-state index contributed by atoms with van der Waals surface area (Å²) in [4.78, 5) is 12.4. The summed E-state index contributed by atoms with van der Waals surface area (Å²) in [6.45, 7) is 5.80. The lowest BCUT2D eigenvalue weighted by atomic mass is 9.92. The Morgan fingerprint density at radius 3 is 2.58 bits per heavy atom. The van der Waals surface area contributed by atoms with Gasteiger partial charge in [0.05, 0.1) is 0 Å². The maximum Gasteiger partial charge on any atom is 0.265 e. The summed E-state index contributed by atoms with van der Waals surface area (Å²) in [5, 5.41) is 2.97. The molecule has 0 radical (unpaired) electrons. The van der Waals surface area contributed by atoms with Crippen molar-refractivity contribution in [2.45, 2.75) is 52.6 Å². The molecule has 3 heteroatoms. The van der Waals surface area contributed by atoms with Crippen molar-refractivity contribution in [2.75, 3.05) is 5.32 Å². The molecule has 0 spiro atoms. The Bertz CT molecular complexity index is 751. The quantitative estimate of drug-likeness (QED) is 0.894. The fourth-order valence-corrected chi connectivity index (χ4v) is 3.15. The number of nitrogens with one attached hydrogen (secondary N) is 1. The number of hydrogen-bond acceptors (Lipinski definition) is 2. The molecule has 0 heterocycles. The van der Waals surface area contributed by atoms with Gasteiger partial charge in [-0.2, -0.15) is 0 Å². The van der Waals surface area contributed by atoms with Crippen molar-refractivity contribution in [2.24, 2.45) is 0 Å². The molecule has 1 aliphatic carbocycles. The second-order valence-corrected chi connectivity index (χ2v) is 6.71. The highest BCUT2D eigenvalue weighted by atomic mass is 16.5. The van der Waals surface area contributed by atoms with E-state index in [1.807, 2.05) is 38.1 Å². The molecule has 3 rings (SSSR count). The second kappa shape index (κ2) is 7.08. The van der Waals surface area contributed by atoms with Gasteiger partial charge in [-0.3, -0.25) is 4.79 Å². The van der Waals surface area contributed by atoms with Gasteiger partial charge in [0.2, 0.25) is 0 Å². The highest BCUT2D eigenvalue weighted by molar-refractivity contribution is 5.94. The van der Waals surface area contributed by atoms with Crippen molar-refractivity contribution < 1.29 is 9.53 Å². The Kier molecular flexibility index (Phi) is 4.89. The van der Waals surface area contributed by atoms with Gasteiger partial charge < -0.3 is 10.1 Å². The first kappa shape index (κ1) is 16.6. The molecule has 1 aliphatic rings. The summed E-state index contributed by atoms with van der Waals surface area (Å²) in [6, 6.07) is 12.2. The van der Waals surface area contributed by atoms with E-state index in [1.54, 1.807) is 6.92 Å². The number of anilines is 1. The molecule has 0 saturated carbocycles. The van der Waals surface area contributed by atoms with Gasteiger partial charge >= 0.3 is 0 Å². The van der Waals surface area contributed by atoms with Crippen LogP contribution in [0.3, 0.4) is 0 Å². The molecule has 126 valence electrons. The van der Waals surface area contributed by atoms with Crippen LogP contribution in [0.25, 0.3) is 0 Å². The van der Waals surface area contributed by atoms with E-state index in [-0.39, 0.29) is 5.91 Å². The first-order valence-electron chi connectivity index (χ1n) is 8.69. The Balaban J connectivity index is 1.67. The molecule has 2 aromatic rings. The number of benzene rings is 2. The number of aryl methyl sites for hydroxylation is 4. The fraction of sp³-hybridized carbons (Fsp3) is 0.381. The summed E-state index contributed by atoms with van der Waals surface area (Å²) in [5.41, 5.74) is 5.80. The number of amides is 1. The van der Waals surface area contributed by atoms with Gasteiger partial charge in [-0.1, -0.05) is 18.2 Å². The molecule has 2 aromatic carbocycles. The summed E-state index contributed by atoms with van der Waals surface area (Å²) >= 11 is 0. The molecule has 24 heavy (non-hydrogen) atoms. The number of carbonyl (C=O) groups is 1. The molecule has 0 bridgehead atoms. The third-order valence-corrected chi connectivity index (χ3v) is 4.65. The van der Waals surface area contributed by atoms with Crippen LogP contribution in [0.4, 0.5) is 5.69 Å². The Morgan fingerprint density at radius 2 is 1.79 bits per heavy atom. The lowest BCUT2D eigenvalue weighted by Crippen LogP contribution is -2.30. The van der Waals surface area contributed by atoms with Gasteiger partial charge in [0.25, 0.3) is 5.91 Å². The van der Waals surface area contributed by atoms with Crippen molar-refractivity contribution in [1.29, 1.82) is 0 Å². The van der Waals surface area contributed by atoms with Gasteiger partial charge in [0.1, 0.15) is 5.75 Å². The molecular formula is C21H25NO2. The van der Waals surface area contributed by atoms with Crippen LogP contribution in [-0.4, -0.2) is 12.0 Å². The van der Waals surface area contributed by atoms with Gasteiger partial charge in [-0.15, -0.1) is 0 Å².